The number of ether oxygens (including phenoxy) is 2. The van der Waals surface area contributed by atoms with Gasteiger partial charge in [0.25, 0.3) is 0 Å². The molecule has 2 N–H and O–H groups in total. The monoisotopic (exact) mass is 506 g/mol. The van der Waals surface area contributed by atoms with E-state index < -0.39 is 0 Å². The summed E-state index contributed by atoms with van der Waals surface area (Å²) in [4.78, 5) is 28.1. The highest BCUT2D eigenvalue weighted by atomic mass is 16.5. The Morgan fingerprint density at radius 1 is 1.16 bits per heavy atom. The van der Waals surface area contributed by atoms with Crippen LogP contribution in [0.15, 0.2) is 41.7 Å². The number of rotatable bonds is 5. The van der Waals surface area contributed by atoms with Crippen LogP contribution in [0.5, 0.6) is 11.6 Å². The molecule has 2 unspecified atom stereocenters. The van der Waals surface area contributed by atoms with Crippen molar-refractivity contribution in [1.82, 2.24) is 15.0 Å². The van der Waals surface area contributed by atoms with E-state index in [0.717, 1.165) is 92.8 Å². The van der Waals surface area contributed by atoms with Gasteiger partial charge in [-0.15, -0.1) is 0 Å². The molecular formula is C27H34N6O4. The fourth-order valence-electron chi connectivity index (χ4n) is 6.15. The molecule has 6 rings (SSSR count). The predicted molar refractivity (Wildman–Crippen MR) is 142 cm³/mol. The van der Waals surface area contributed by atoms with Gasteiger partial charge in [-0.3, -0.25) is 4.98 Å². The summed E-state index contributed by atoms with van der Waals surface area (Å²) in [6.07, 6.45) is 6.58. The van der Waals surface area contributed by atoms with Crippen molar-refractivity contribution < 1.29 is 14.6 Å². The average Bonchev–Trinajstić information content (AvgIpc) is 3.30. The minimum Gasteiger partial charge on any atom is -0.488 e. The Labute approximate surface area is 216 Å². The Hall–Kier alpha value is -3.53. The molecule has 2 aliphatic heterocycles. The third-order valence-corrected chi connectivity index (χ3v) is 7.97. The number of aliphatic hydroxyl groups excluding tert-OH is 1. The Balaban J connectivity index is 0.00000137. The minimum atomic E-state index is -0.156. The number of hydrogen-bond donors (Lipinski definition) is 2. The van der Waals surface area contributed by atoms with Crippen LogP contribution in [-0.4, -0.2) is 66.6 Å². The van der Waals surface area contributed by atoms with Crippen LogP contribution < -0.4 is 19.7 Å². The van der Waals surface area contributed by atoms with Crippen LogP contribution in [0.3, 0.4) is 0 Å². The van der Waals surface area contributed by atoms with Gasteiger partial charge in [-0.2, -0.15) is 4.91 Å². The van der Waals surface area contributed by atoms with Crippen molar-refractivity contribution >= 4 is 22.5 Å². The Morgan fingerprint density at radius 3 is 2.78 bits per heavy atom. The van der Waals surface area contributed by atoms with Crippen molar-refractivity contribution in [3.05, 3.63) is 47.1 Å². The summed E-state index contributed by atoms with van der Waals surface area (Å²) < 4.78 is 11.0. The van der Waals surface area contributed by atoms with Crippen molar-refractivity contribution in [2.24, 2.45) is 16.5 Å². The second-order valence-electron chi connectivity index (χ2n) is 10.0. The lowest BCUT2D eigenvalue weighted by atomic mass is 9.76. The van der Waals surface area contributed by atoms with Crippen molar-refractivity contribution in [1.29, 1.82) is 0 Å². The molecular weight excluding hydrogens is 472 g/mol. The van der Waals surface area contributed by atoms with Crippen molar-refractivity contribution in [3.63, 3.8) is 0 Å². The summed E-state index contributed by atoms with van der Waals surface area (Å²) in [6, 6.07) is 9.69. The zero-order valence-electron chi connectivity index (χ0n) is 21.4. The molecule has 5 heterocycles. The maximum atomic E-state index is 11.8. The van der Waals surface area contributed by atoms with Crippen LogP contribution in [0.1, 0.15) is 31.4 Å². The number of fused-ring (bicyclic) bond motifs is 2. The molecule has 10 heteroatoms. The van der Waals surface area contributed by atoms with E-state index in [0.29, 0.717) is 12.5 Å². The van der Waals surface area contributed by atoms with Crippen LogP contribution in [0.2, 0.25) is 0 Å². The van der Waals surface area contributed by atoms with Crippen LogP contribution in [-0.2, 0) is 6.42 Å². The van der Waals surface area contributed by atoms with Crippen molar-refractivity contribution in [2.45, 2.75) is 38.1 Å². The smallest absolute Gasteiger partial charge is 0.213 e. The molecule has 37 heavy (non-hydrogen) atoms. The zero-order chi connectivity index (χ0) is 25.8. The molecule has 1 saturated carbocycles. The number of nitrogens with one attached hydrogen (secondary N) is 1. The number of anilines is 2. The van der Waals surface area contributed by atoms with Crippen molar-refractivity contribution in [3.8, 4) is 11.6 Å². The number of piperidine rings is 1. The molecule has 10 nitrogen and oxygen atoms in total. The summed E-state index contributed by atoms with van der Waals surface area (Å²) >= 11 is 0. The summed E-state index contributed by atoms with van der Waals surface area (Å²) in [6.45, 7) is 3.27. The molecule has 1 spiro atoms. The summed E-state index contributed by atoms with van der Waals surface area (Å²) in [5.74, 6) is 2.43. The van der Waals surface area contributed by atoms with Crippen molar-refractivity contribution in [2.75, 3.05) is 50.7 Å². The standard InChI is InChI=1S/C26H30N6O3.CH4O/c1-34-23-5-3-19-24(30-23)21(6-9-27-19)32-11-7-26(8-12-32)15-17(20(16-26)31-33)14-18-2-4-22-25(29-18)28-10-13-35-22;1-2/h2-6,9,17,20H,7-8,10-16H2,1H3,(H,28,29);2H,1H3. The van der Waals surface area contributed by atoms with E-state index >= 15 is 0 Å². The lowest BCUT2D eigenvalue weighted by Gasteiger charge is -2.40. The number of aliphatic hydroxyl groups is 1. The molecule has 3 aromatic rings. The fraction of sp³-hybridized carbons (Fsp3) is 0.519. The SMILES string of the molecule is CO.COc1ccc2nccc(N3CCC4(CC3)CC(Cc3ccc5c(n3)NCCO5)C(N=O)C4)c2n1. The van der Waals surface area contributed by atoms with Gasteiger partial charge in [-0.1, -0.05) is 5.18 Å². The van der Waals surface area contributed by atoms with Gasteiger partial charge in [0, 0.05) is 38.2 Å². The topological polar surface area (TPSA) is 122 Å². The summed E-state index contributed by atoms with van der Waals surface area (Å²) in [5.41, 5.74) is 3.99. The third-order valence-electron chi connectivity index (χ3n) is 7.97. The van der Waals surface area contributed by atoms with Crippen LogP contribution >= 0.6 is 0 Å². The largest absolute Gasteiger partial charge is 0.488 e. The molecule has 2 atom stereocenters. The van der Waals surface area contributed by atoms with E-state index in [1.165, 1.54) is 0 Å². The molecule has 0 amide bonds. The van der Waals surface area contributed by atoms with Gasteiger partial charge in [0.1, 0.15) is 12.1 Å². The van der Waals surface area contributed by atoms with E-state index in [1.807, 2.05) is 36.5 Å². The van der Waals surface area contributed by atoms with E-state index in [4.69, 9.17) is 19.6 Å². The second kappa shape index (κ2) is 10.8. The Bertz CT molecular complexity index is 1250. The first-order valence-electron chi connectivity index (χ1n) is 12.8. The van der Waals surface area contributed by atoms with Crippen LogP contribution in [0.25, 0.3) is 11.0 Å². The maximum Gasteiger partial charge on any atom is 0.213 e. The minimum absolute atomic E-state index is 0.156. The zero-order valence-corrected chi connectivity index (χ0v) is 21.4. The lowest BCUT2D eigenvalue weighted by molar-refractivity contribution is 0.216. The van der Waals surface area contributed by atoms with Gasteiger partial charge in [-0.05, 0) is 67.7 Å². The Kier molecular flexibility index (Phi) is 7.36. The molecule has 1 saturated heterocycles. The quantitative estimate of drug-likeness (QED) is 0.497. The third kappa shape index (κ3) is 5.02. The maximum absolute atomic E-state index is 11.8. The molecule has 3 aromatic heterocycles. The molecule has 0 bridgehead atoms. The molecule has 1 aliphatic carbocycles. The number of pyridine rings is 3. The first kappa shape index (κ1) is 25.1. The van der Waals surface area contributed by atoms with Crippen LogP contribution in [0.4, 0.5) is 11.5 Å². The van der Waals surface area contributed by atoms with Crippen LogP contribution in [0, 0.1) is 16.2 Å². The average molecular weight is 507 g/mol. The molecule has 0 aromatic carbocycles. The first-order valence-corrected chi connectivity index (χ1v) is 12.8. The lowest BCUT2D eigenvalue weighted by Crippen LogP contribution is -2.39. The Morgan fingerprint density at radius 2 is 2.00 bits per heavy atom. The van der Waals surface area contributed by atoms with Gasteiger partial charge in [0.15, 0.2) is 11.6 Å². The number of nitrogens with zero attached hydrogens (tertiary/aromatic N) is 5. The molecule has 196 valence electrons. The number of nitroso groups, excluding NO2 is 1. The summed E-state index contributed by atoms with van der Waals surface area (Å²) in [7, 11) is 2.63. The van der Waals surface area contributed by atoms with E-state index in [-0.39, 0.29) is 17.4 Å². The van der Waals surface area contributed by atoms with Gasteiger partial charge in [0.05, 0.1) is 30.9 Å². The fourth-order valence-corrected chi connectivity index (χ4v) is 6.15. The molecule has 2 fully saturated rings. The molecule has 3 aliphatic rings. The number of methoxy groups -OCH3 is 1. The van der Waals surface area contributed by atoms with Gasteiger partial charge in [-0.25, -0.2) is 9.97 Å². The number of aromatic nitrogens is 3. The normalized spacial score (nSPS) is 21.9. The highest BCUT2D eigenvalue weighted by Crippen LogP contribution is 2.51. The highest BCUT2D eigenvalue weighted by Gasteiger charge is 2.47. The van der Waals surface area contributed by atoms with Gasteiger partial charge < -0.3 is 24.8 Å². The predicted octanol–water partition coefficient (Wildman–Crippen LogP) is 3.82. The highest BCUT2D eigenvalue weighted by molar-refractivity contribution is 5.88. The second-order valence-corrected chi connectivity index (χ2v) is 10.0. The first-order chi connectivity index (χ1) is 18.2. The van der Waals surface area contributed by atoms with Gasteiger partial charge in [0.2, 0.25) is 5.88 Å². The van der Waals surface area contributed by atoms with E-state index in [9.17, 15) is 4.91 Å². The number of hydrogen-bond acceptors (Lipinski definition) is 10. The van der Waals surface area contributed by atoms with E-state index in [1.54, 1.807) is 7.11 Å². The summed E-state index contributed by atoms with van der Waals surface area (Å²) in [5, 5.41) is 13.9. The van der Waals surface area contributed by atoms with E-state index in [2.05, 4.69) is 25.4 Å². The van der Waals surface area contributed by atoms with Gasteiger partial charge >= 0.3 is 0 Å². The molecule has 0 radical (unpaired) electrons.